The van der Waals surface area contributed by atoms with Gasteiger partial charge in [-0.2, -0.15) is 18.3 Å². The standard InChI is InChI=1S/C17H10Cl2F3N3O/c18-10-3-1-2-9(6-10)14-8-15(25-24-14)16(26)23-11-4-5-13(19)12(7-11)17(20,21)22/h1-8H,(H,23,26)(H,24,25). The first-order valence-corrected chi connectivity index (χ1v) is 7.99. The van der Waals surface area contributed by atoms with Gasteiger partial charge < -0.3 is 5.32 Å². The zero-order valence-corrected chi connectivity index (χ0v) is 14.4. The summed E-state index contributed by atoms with van der Waals surface area (Å²) in [6, 6.07) is 11.5. The zero-order chi connectivity index (χ0) is 18.9. The Morgan fingerprint density at radius 3 is 2.54 bits per heavy atom. The van der Waals surface area contributed by atoms with Crippen LogP contribution in [0.1, 0.15) is 16.1 Å². The predicted octanol–water partition coefficient (Wildman–Crippen LogP) is 5.65. The summed E-state index contributed by atoms with van der Waals surface area (Å²) in [5, 5.41) is 9.01. The van der Waals surface area contributed by atoms with Crippen LogP contribution in [0.5, 0.6) is 0 Å². The van der Waals surface area contributed by atoms with Gasteiger partial charge in [-0.05, 0) is 36.4 Å². The smallest absolute Gasteiger partial charge is 0.321 e. The second-order valence-electron chi connectivity index (χ2n) is 5.32. The molecule has 0 saturated heterocycles. The summed E-state index contributed by atoms with van der Waals surface area (Å²) in [5.41, 5.74) is 0.193. The van der Waals surface area contributed by atoms with Gasteiger partial charge >= 0.3 is 6.18 Å². The van der Waals surface area contributed by atoms with Crippen LogP contribution in [0.2, 0.25) is 10.0 Å². The number of aromatic nitrogens is 2. The van der Waals surface area contributed by atoms with E-state index >= 15 is 0 Å². The molecule has 0 aliphatic heterocycles. The third-order valence-electron chi connectivity index (χ3n) is 3.47. The van der Waals surface area contributed by atoms with Crippen molar-refractivity contribution in [2.75, 3.05) is 5.32 Å². The zero-order valence-electron chi connectivity index (χ0n) is 12.9. The maximum absolute atomic E-state index is 12.9. The third kappa shape index (κ3) is 4.00. The summed E-state index contributed by atoms with van der Waals surface area (Å²) in [7, 11) is 0. The normalized spacial score (nSPS) is 11.4. The molecule has 0 radical (unpaired) electrons. The number of hydrogen-bond donors (Lipinski definition) is 2. The molecule has 1 amide bonds. The van der Waals surface area contributed by atoms with Crippen LogP contribution in [-0.2, 0) is 6.18 Å². The Hall–Kier alpha value is -2.51. The minimum absolute atomic E-state index is 0.0365. The molecule has 4 nitrogen and oxygen atoms in total. The van der Waals surface area contributed by atoms with Gasteiger partial charge in [0, 0.05) is 16.3 Å². The number of alkyl halides is 3. The van der Waals surface area contributed by atoms with Crippen molar-refractivity contribution in [3.63, 3.8) is 0 Å². The highest BCUT2D eigenvalue weighted by molar-refractivity contribution is 6.31. The van der Waals surface area contributed by atoms with Crippen molar-refractivity contribution in [1.29, 1.82) is 0 Å². The quantitative estimate of drug-likeness (QED) is 0.597. The van der Waals surface area contributed by atoms with Crippen molar-refractivity contribution >= 4 is 34.8 Å². The predicted molar refractivity (Wildman–Crippen MR) is 93.4 cm³/mol. The first kappa shape index (κ1) is 18.3. The average Bonchev–Trinajstić information content (AvgIpc) is 3.06. The largest absolute Gasteiger partial charge is 0.417 e. The maximum Gasteiger partial charge on any atom is 0.417 e. The topological polar surface area (TPSA) is 57.8 Å². The molecular weight excluding hydrogens is 390 g/mol. The number of hydrogen-bond acceptors (Lipinski definition) is 2. The van der Waals surface area contributed by atoms with Crippen molar-refractivity contribution in [1.82, 2.24) is 10.2 Å². The number of rotatable bonds is 3. The van der Waals surface area contributed by atoms with E-state index in [4.69, 9.17) is 23.2 Å². The van der Waals surface area contributed by atoms with Crippen LogP contribution in [0.15, 0.2) is 48.5 Å². The fourth-order valence-corrected chi connectivity index (χ4v) is 2.67. The first-order valence-electron chi connectivity index (χ1n) is 7.23. The highest BCUT2D eigenvalue weighted by Crippen LogP contribution is 2.36. The number of amides is 1. The molecule has 3 rings (SSSR count). The number of nitrogens with zero attached hydrogens (tertiary/aromatic N) is 1. The van der Waals surface area contributed by atoms with Gasteiger partial charge in [-0.15, -0.1) is 0 Å². The van der Waals surface area contributed by atoms with E-state index in [9.17, 15) is 18.0 Å². The van der Waals surface area contributed by atoms with Crippen LogP contribution >= 0.6 is 23.2 Å². The van der Waals surface area contributed by atoms with E-state index in [1.165, 1.54) is 12.1 Å². The van der Waals surface area contributed by atoms with Crippen LogP contribution in [-0.4, -0.2) is 16.1 Å². The van der Waals surface area contributed by atoms with Gasteiger partial charge in [0.15, 0.2) is 0 Å². The summed E-state index contributed by atoms with van der Waals surface area (Å²) >= 11 is 11.5. The van der Waals surface area contributed by atoms with Crippen molar-refractivity contribution in [3.05, 3.63) is 69.8 Å². The van der Waals surface area contributed by atoms with E-state index in [1.54, 1.807) is 24.3 Å². The summed E-state index contributed by atoms with van der Waals surface area (Å²) in [5.74, 6) is -0.638. The van der Waals surface area contributed by atoms with Gasteiger partial charge in [0.25, 0.3) is 5.91 Å². The second-order valence-corrected chi connectivity index (χ2v) is 6.17. The first-order chi connectivity index (χ1) is 12.2. The van der Waals surface area contributed by atoms with Crippen molar-refractivity contribution in [3.8, 4) is 11.3 Å². The van der Waals surface area contributed by atoms with Crippen LogP contribution in [0, 0.1) is 0 Å². The molecular formula is C17H10Cl2F3N3O. The molecule has 2 aromatic carbocycles. The molecule has 1 heterocycles. The Morgan fingerprint density at radius 1 is 1.08 bits per heavy atom. The van der Waals surface area contributed by atoms with Gasteiger partial charge in [0.2, 0.25) is 0 Å². The SMILES string of the molecule is O=C(Nc1ccc(Cl)c(C(F)(F)F)c1)c1cc(-c2cccc(Cl)c2)n[nH]1. The third-order valence-corrected chi connectivity index (χ3v) is 4.04. The number of nitrogens with one attached hydrogen (secondary N) is 2. The number of anilines is 1. The van der Waals surface area contributed by atoms with E-state index in [2.05, 4.69) is 15.5 Å². The van der Waals surface area contributed by atoms with Gasteiger partial charge in [0.1, 0.15) is 5.69 Å². The Labute approximate surface area is 155 Å². The van der Waals surface area contributed by atoms with E-state index in [0.717, 1.165) is 12.1 Å². The number of benzene rings is 2. The number of H-pyrrole nitrogens is 1. The molecule has 0 bridgehead atoms. The minimum Gasteiger partial charge on any atom is -0.321 e. The fraction of sp³-hybridized carbons (Fsp3) is 0.0588. The molecule has 134 valence electrons. The summed E-state index contributed by atoms with van der Waals surface area (Å²) in [4.78, 5) is 12.2. The van der Waals surface area contributed by atoms with Crippen molar-refractivity contribution in [2.45, 2.75) is 6.18 Å². The lowest BCUT2D eigenvalue weighted by Gasteiger charge is -2.11. The van der Waals surface area contributed by atoms with Gasteiger partial charge in [-0.25, -0.2) is 0 Å². The number of carbonyl (C=O) groups is 1. The molecule has 0 spiro atoms. The minimum atomic E-state index is -4.62. The molecule has 0 aliphatic carbocycles. The average molecular weight is 400 g/mol. The summed E-state index contributed by atoms with van der Waals surface area (Å²) < 4.78 is 38.7. The lowest BCUT2D eigenvalue weighted by Crippen LogP contribution is -2.14. The number of aromatic amines is 1. The molecule has 0 aliphatic rings. The van der Waals surface area contributed by atoms with Crippen LogP contribution < -0.4 is 5.32 Å². The highest BCUT2D eigenvalue weighted by atomic mass is 35.5. The van der Waals surface area contributed by atoms with Crippen molar-refractivity contribution in [2.24, 2.45) is 0 Å². The highest BCUT2D eigenvalue weighted by Gasteiger charge is 2.33. The molecule has 0 saturated carbocycles. The number of carbonyl (C=O) groups excluding carboxylic acids is 1. The summed E-state index contributed by atoms with van der Waals surface area (Å²) in [6.45, 7) is 0. The lowest BCUT2D eigenvalue weighted by atomic mass is 10.1. The second kappa shape index (κ2) is 7.01. The van der Waals surface area contributed by atoms with Gasteiger partial charge in [-0.3, -0.25) is 9.89 Å². The van der Waals surface area contributed by atoms with E-state index in [1.807, 2.05) is 0 Å². The molecule has 1 aromatic heterocycles. The molecule has 3 aromatic rings. The molecule has 0 fully saturated rings. The van der Waals surface area contributed by atoms with Gasteiger partial charge in [-0.1, -0.05) is 35.3 Å². The van der Waals surface area contributed by atoms with Crippen molar-refractivity contribution < 1.29 is 18.0 Å². The Kier molecular flexibility index (Phi) is 4.93. The van der Waals surface area contributed by atoms with E-state index < -0.39 is 22.7 Å². The van der Waals surface area contributed by atoms with Crippen LogP contribution in [0.4, 0.5) is 18.9 Å². The Bertz CT molecular complexity index is 970. The lowest BCUT2D eigenvalue weighted by molar-refractivity contribution is -0.137. The molecule has 26 heavy (non-hydrogen) atoms. The number of halogens is 5. The Balaban J connectivity index is 1.81. The fourth-order valence-electron chi connectivity index (χ4n) is 2.25. The molecule has 9 heteroatoms. The molecule has 0 unspecified atom stereocenters. The van der Waals surface area contributed by atoms with Gasteiger partial charge in [0.05, 0.1) is 16.3 Å². The molecule has 2 N–H and O–H groups in total. The van der Waals surface area contributed by atoms with Crippen LogP contribution in [0.25, 0.3) is 11.3 Å². The Morgan fingerprint density at radius 2 is 1.85 bits per heavy atom. The monoisotopic (exact) mass is 399 g/mol. The summed E-state index contributed by atoms with van der Waals surface area (Å²) in [6.07, 6.45) is -4.62. The van der Waals surface area contributed by atoms with E-state index in [0.29, 0.717) is 16.3 Å². The van der Waals surface area contributed by atoms with E-state index in [-0.39, 0.29) is 11.4 Å². The molecule has 0 atom stereocenters. The maximum atomic E-state index is 12.9. The van der Waals surface area contributed by atoms with Crippen LogP contribution in [0.3, 0.4) is 0 Å².